The van der Waals surface area contributed by atoms with Crippen LogP contribution in [0.1, 0.15) is 53.4 Å². The molecule has 0 saturated carbocycles. The van der Waals surface area contributed by atoms with Gasteiger partial charge in [-0.1, -0.05) is 39.8 Å². The maximum Gasteiger partial charge on any atom is -0.00143 e. The van der Waals surface area contributed by atoms with Gasteiger partial charge in [-0.05, 0) is 44.2 Å². The molecule has 14 heavy (non-hydrogen) atoms. The van der Waals surface area contributed by atoms with Crippen LogP contribution in [0.15, 0.2) is 12.2 Å². The van der Waals surface area contributed by atoms with Crippen LogP contribution in [0, 0.1) is 5.41 Å². The van der Waals surface area contributed by atoms with Crippen LogP contribution in [0.2, 0.25) is 0 Å². The second-order valence-electron chi connectivity index (χ2n) is 5.11. The summed E-state index contributed by atoms with van der Waals surface area (Å²) >= 11 is 0. The standard InChI is InChI=1S/C13H27N/c1-5-11-14-12-9-7-6-8-10-13(2,3)4/h6-7,14H,5,8-12H2,1-4H3. The van der Waals surface area contributed by atoms with E-state index in [4.69, 9.17) is 0 Å². The van der Waals surface area contributed by atoms with Crippen LogP contribution in [-0.2, 0) is 0 Å². The van der Waals surface area contributed by atoms with Gasteiger partial charge in [0.15, 0.2) is 0 Å². The minimum Gasteiger partial charge on any atom is -0.316 e. The Hall–Kier alpha value is -0.300. The second kappa shape index (κ2) is 8.05. The van der Waals surface area contributed by atoms with Gasteiger partial charge in [0.05, 0.1) is 0 Å². The highest BCUT2D eigenvalue weighted by atomic mass is 14.8. The zero-order chi connectivity index (χ0) is 10.9. The summed E-state index contributed by atoms with van der Waals surface area (Å²) in [6.45, 7) is 11.4. The summed E-state index contributed by atoms with van der Waals surface area (Å²) < 4.78 is 0. The summed E-state index contributed by atoms with van der Waals surface area (Å²) in [5.41, 5.74) is 0.477. The van der Waals surface area contributed by atoms with E-state index >= 15 is 0 Å². The zero-order valence-electron chi connectivity index (χ0n) is 10.4. The quantitative estimate of drug-likeness (QED) is 0.484. The topological polar surface area (TPSA) is 12.0 Å². The average molecular weight is 197 g/mol. The Morgan fingerprint density at radius 3 is 2.21 bits per heavy atom. The highest BCUT2D eigenvalue weighted by molar-refractivity contribution is 4.83. The molecule has 0 fully saturated rings. The van der Waals surface area contributed by atoms with Crippen LogP contribution < -0.4 is 5.32 Å². The van der Waals surface area contributed by atoms with E-state index < -0.39 is 0 Å². The smallest absolute Gasteiger partial charge is 0.00143 e. The minimum absolute atomic E-state index is 0.477. The van der Waals surface area contributed by atoms with Crippen molar-refractivity contribution in [2.24, 2.45) is 5.41 Å². The first-order valence-electron chi connectivity index (χ1n) is 5.92. The molecule has 1 nitrogen and oxygen atoms in total. The fraction of sp³-hybridized carbons (Fsp3) is 0.846. The Labute approximate surface area is 90.0 Å². The van der Waals surface area contributed by atoms with E-state index in [2.05, 4.69) is 45.2 Å². The van der Waals surface area contributed by atoms with Gasteiger partial charge in [0.25, 0.3) is 0 Å². The van der Waals surface area contributed by atoms with Crippen LogP contribution in [0.4, 0.5) is 0 Å². The Kier molecular flexibility index (Phi) is 7.87. The highest BCUT2D eigenvalue weighted by Gasteiger charge is 2.07. The third kappa shape index (κ3) is 11.7. The Morgan fingerprint density at radius 2 is 1.64 bits per heavy atom. The second-order valence-corrected chi connectivity index (χ2v) is 5.11. The molecule has 0 aromatic heterocycles. The van der Waals surface area contributed by atoms with Gasteiger partial charge in [-0.2, -0.15) is 0 Å². The molecule has 1 N–H and O–H groups in total. The normalized spacial score (nSPS) is 12.6. The van der Waals surface area contributed by atoms with Crippen molar-refractivity contribution >= 4 is 0 Å². The van der Waals surface area contributed by atoms with Crippen LogP contribution >= 0.6 is 0 Å². The van der Waals surface area contributed by atoms with E-state index in [1.165, 1.54) is 25.7 Å². The molecule has 0 rings (SSSR count). The lowest BCUT2D eigenvalue weighted by Crippen LogP contribution is -2.15. The molecule has 0 aromatic carbocycles. The van der Waals surface area contributed by atoms with Gasteiger partial charge in [-0.15, -0.1) is 0 Å². The van der Waals surface area contributed by atoms with E-state index in [0.29, 0.717) is 5.41 Å². The van der Waals surface area contributed by atoms with Gasteiger partial charge in [0.1, 0.15) is 0 Å². The van der Waals surface area contributed by atoms with Gasteiger partial charge < -0.3 is 5.32 Å². The number of hydrogen-bond donors (Lipinski definition) is 1. The number of rotatable bonds is 7. The van der Waals surface area contributed by atoms with E-state index in [-0.39, 0.29) is 0 Å². The predicted octanol–water partition coefficient (Wildman–Crippen LogP) is 3.76. The fourth-order valence-corrected chi connectivity index (χ4v) is 1.24. The summed E-state index contributed by atoms with van der Waals surface area (Å²) in [5, 5.41) is 3.39. The highest BCUT2D eigenvalue weighted by Crippen LogP contribution is 2.20. The van der Waals surface area contributed by atoms with Crippen molar-refractivity contribution in [1.82, 2.24) is 5.32 Å². The van der Waals surface area contributed by atoms with Crippen LogP contribution in [0.25, 0.3) is 0 Å². The molecule has 0 aliphatic carbocycles. The van der Waals surface area contributed by atoms with Crippen molar-refractivity contribution in [3.05, 3.63) is 12.2 Å². The summed E-state index contributed by atoms with van der Waals surface area (Å²) in [5.74, 6) is 0. The molecule has 0 aliphatic heterocycles. The maximum atomic E-state index is 3.39. The molecular formula is C13H27N. The van der Waals surface area contributed by atoms with Crippen LogP contribution in [0.3, 0.4) is 0 Å². The zero-order valence-corrected chi connectivity index (χ0v) is 10.4. The molecule has 0 spiro atoms. The maximum absolute atomic E-state index is 3.39. The SMILES string of the molecule is CCCNCCC=CCCC(C)(C)C. The summed E-state index contributed by atoms with van der Waals surface area (Å²) in [7, 11) is 0. The summed E-state index contributed by atoms with van der Waals surface area (Å²) in [4.78, 5) is 0. The molecule has 0 bridgehead atoms. The first-order chi connectivity index (χ1) is 6.56. The first kappa shape index (κ1) is 13.7. The molecule has 0 atom stereocenters. The Bertz CT molecular complexity index is 142. The van der Waals surface area contributed by atoms with E-state index in [9.17, 15) is 0 Å². The van der Waals surface area contributed by atoms with Crippen molar-refractivity contribution in [3.8, 4) is 0 Å². The van der Waals surface area contributed by atoms with Crippen molar-refractivity contribution < 1.29 is 0 Å². The van der Waals surface area contributed by atoms with E-state index in [1.807, 2.05) is 0 Å². The predicted molar refractivity (Wildman–Crippen MR) is 65.6 cm³/mol. The fourth-order valence-electron chi connectivity index (χ4n) is 1.24. The molecule has 0 unspecified atom stereocenters. The molecule has 84 valence electrons. The van der Waals surface area contributed by atoms with Crippen molar-refractivity contribution in [2.75, 3.05) is 13.1 Å². The Morgan fingerprint density at radius 1 is 1.00 bits per heavy atom. The van der Waals surface area contributed by atoms with Crippen molar-refractivity contribution in [3.63, 3.8) is 0 Å². The van der Waals surface area contributed by atoms with E-state index in [1.54, 1.807) is 0 Å². The molecule has 0 aliphatic rings. The number of allylic oxidation sites excluding steroid dienone is 1. The molecule has 0 amide bonds. The molecule has 0 radical (unpaired) electrons. The van der Waals surface area contributed by atoms with Crippen LogP contribution in [0.5, 0.6) is 0 Å². The molecular weight excluding hydrogens is 170 g/mol. The van der Waals surface area contributed by atoms with Crippen LogP contribution in [-0.4, -0.2) is 13.1 Å². The monoisotopic (exact) mass is 197 g/mol. The average Bonchev–Trinajstić information content (AvgIpc) is 2.08. The third-order valence-corrected chi connectivity index (χ3v) is 2.14. The van der Waals surface area contributed by atoms with Crippen molar-refractivity contribution in [1.29, 1.82) is 0 Å². The van der Waals surface area contributed by atoms with Gasteiger partial charge in [0.2, 0.25) is 0 Å². The summed E-state index contributed by atoms with van der Waals surface area (Å²) in [6, 6.07) is 0. The van der Waals surface area contributed by atoms with Crippen molar-refractivity contribution in [2.45, 2.75) is 53.4 Å². The molecule has 0 saturated heterocycles. The molecule has 1 heteroatoms. The first-order valence-corrected chi connectivity index (χ1v) is 5.92. The summed E-state index contributed by atoms with van der Waals surface area (Å²) in [6.07, 6.45) is 9.52. The molecule has 0 aromatic rings. The van der Waals surface area contributed by atoms with Gasteiger partial charge in [0, 0.05) is 0 Å². The lowest BCUT2D eigenvalue weighted by atomic mass is 9.90. The molecule has 0 heterocycles. The lowest BCUT2D eigenvalue weighted by molar-refractivity contribution is 0.381. The van der Waals surface area contributed by atoms with Gasteiger partial charge in [-0.25, -0.2) is 0 Å². The van der Waals surface area contributed by atoms with E-state index in [0.717, 1.165) is 13.1 Å². The number of nitrogens with one attached hydrogen (secondary N) is 1. The van der Waals surface area contributed by atoms with Gasteiger partial charge >= 0.3 is 0 Å². The third-order valence-electron chi connectivity index (χ3n) is 2.14. The largest absolute Gasteiger partial charge is 0.316 e. The lowest BCUT2D eigenvalue weighted by Gasteiger charge is -2.15. The van der Waals surface area contributed by atoms with Gasteiger partial charge in [-0.3, -0.25) is 0 Å². The Balaban J connectivity index is 3.20. The number of hydrogen-bond acceptors (Lipinski definition) is 1. The minimum atomic E-state index is 0.477.